The number of benzene rings is 2. The van der Waals surface area contributed by atoms with E-state index in [0.717, 1.165) is 0 Å². The molecule has 0 saturated carbocycles. The zero-order chi connectivity index (χ0) is 24.6. The highest BCUT2D eigenvalue weighted by molar-refractivity contribution is 5.99. The highest BCUT2D eigenvalue weighted by Gasteiger charge is 2.17. The molecule has 0 aliphatic carbocycles. The highest BCUT2D eigenvalue weighted by atomic mass is 16.5. The minimum Gasteiger partial charge on any atom is -0.506 e. The van der Waals surface area contributed by atoms with Crippen LogP contribution >= 0.6 is 0 Å². The molecule has 0 spiro atoms. The van der Waals surface area contributed by atoms with Crippen molar-refractivity contribution in [3.8, 4) is 11.5 Å². The molecule has 2 aromatic carbocycles. The molecule has 4 rings (SSSR count). The summed E-state index contributed by atoms with van der Waals surface area (Å²) in [7, 11) is 3.20. The van der Waals surface area contributed by atoms with Crippen molar-refractivity contribution in [2.75, 3.05) is 25.2 Å². The number of phenols is 1. The second-order valence-corrected chi connectivity index (χ2v) is 7.49. The highest BCUT2D eigenvalue weighted by Crippen LogP contribution is 2.31. The normalized spacial score (nSPS) is 11.5. The molecule has 0 bridgehead atoms. The van der Waals surface area contributed by atoms with Crippen LogP contribution in [0.2, 0.25) is 0 Å². The molecule has 0 radical (unpaired) electrons. The monoisotopic (exact) mass is 464 g/mol. The lowest BCUT2D eigenvalue weighted by Crippen LogP contribution is -2.11. The van der Waals surface area contributed by atoms with Crippen molar-refractivity contribution < 1.29 is 19.4 Å². The van der Waals surface area contributed by atoms with Crippen molar-refractivity contribution in [1.29, 1.82) is 0 Å². The van der Waals surface area contributed by atoms with Crippen LogP contribution in [0.3, 0.4) is 0 Å². The number of amides is 2. The number of imidazole rings is 2. The SMILES string of the molecule is CNc1nc2cc(C(N)=O)cc(O)c2n1C/C=C/Cn1c(N)nc2cc(C(N)=O)cc(OC)c21. The van der Waals surface area contributed by atoms with Crippen molar-refractivity contribution in [2.24, 2.45) is 11.5 Å². The average molecular weight is 464 g/mol. The van der Waals surface area contributed by atoms with E-state index in [1.54, 1.807) is 28.3 Å². The molecule has 4 aromatic rings. The van der Waals surface area contributed by atoms with Crippen LogP contribution in [0.25, 0.3) is 22.1 Å². The molecule has 2 aromatic heterocycles. The molecule has 176 valence electrons. The summed E-state index contributed by atoms with van der Waals surface area (Å²) in [6.07, 6.45) is 3.75. The Morgan fingerprint density at radius 2 is 1.59 bits per heavy atom. The molecule has 2 amide bonds. The third kappa shape index (κ3) is 3.81. The number of aromatic nitrogens is 4. The van der Waals surface area contributed by atoms with Crippen LogP contribution in [-0.4, -0.2) is 50.2 Å². The number of carbonyl (C=O) groups is 2. The smallest absolute Gasteiger partial charge is 0.248 e. The Hall–Kier alpha value is -4.74. The summed E-state index contributed by atoms with van der Waals surface area (Å²) in [4.78, 5) is 31.8. The number of phenolic OH excluding ortho intramolecular Hbond substituents is 1. The number of aromatic hydroxyl groups is 1. The fraction of sp³-hybridized carbons (Fsp3) is 0.182. The van der Waals surface area contributed by atoms with E-state index in [4.69, 9.17) is 21.9 Å². The van der Waals surface area contributed by atoms with Crippen LogP contribution in [-0.2, 0) is 13.1 Å². The number of hydrogen-bond acceptors (Lipinski definition) is 8. The molecule has 0 aliphatic rings. The molecule has 34 heavy (non-hydrogen) atoms. The van der Waals surface area contributed by atoms with Gasteiger partial charge < -0.3 is 41.5 Å². The number of fused-ring (bicyclic) bond motifs is 2. The van der Waals surface area contributed by atoms with E-state index in [1.165, 1.54) is 19.2 Å². The van der Waals surface area contributed by atoms with E-state index in [9.17, 15) is 14.7 Å². The van der Waals surface area contributed by atoms with Crippen molar-refractivity contribution >= 4 is 45.8 Å². The Kier molecular flexibility index (Phi) is 5.72. The van der Waals surface area contributed by atoms with Gasteiger partial charge >= 0.3 is 0 Å². The van der Waals surface area contributed by atoms with Crippen LogP contribution in [0.1, 0.15) is 20.7 Å². The maximum atomic E-state index is 11.6. The first kappa shape index (κ1) is 22.5. The Morgan fingerprint density at radius 1 is 1.00 bits per heavy atom. The Morgan fingerprint density at radius 3 is 2.18 bits per heavy atom. The third-order valence-electron chi connectivity index (χ3n) is 5.41. The van der Waals surface area contributed by atoms with Gasteiger partial charge in [0.05, 0.1) is 18.1 Å². The number of rotatable bonds is 8. The quantitative estimate of drug-likeness (QED) is 0.240. The van der Waals surface area contributed by atoms with Crippen LogP contribution < -0.4 is 27.3 Å². The van der Waals surface area contributed by atoms with E-state index in [0.29, 0.717) is 46.9 Å². The van der Waals surface area contributed by atoms with Gasteiger partial charge in [0, 0.05) is 31.3 Å². The van der Waals surface area contributed by atoms with Crippen molar-refractivity contribution in [3.63, 3.8) is 0 Å². The number of primary amides is 2. The molecule has 12 nitrogen and oxygen atoms in total. The number of allylic oxidation sites excluding steroid dienone is 2. The Balaban J connectivity index is 1.65. The van der Waals surface area contributed by atoms with Crippen LogP contribution in [0, 0.1) is 0 Å². The molecule has 0 saturated heterocycles. The average Bonchev–Trinajstić information content (AvgIpc) is 3.32. The summed E-state index contributed by atoms with van der Waals surface area (Å²) in [5.41, 5.74) is 19.3. The Bertz CT molecular complexity index is 1470. The predicted octanol–water partition coefficient (Wildman–Crippen LogP) is 1.18. The first-order valence-electron chi connectivity index (χ1n) is 10.2. The number of nitrogens with one attached hydrogen (secondary N) is 1. The van der Waals surface area contributed by atoms with Gasteiger partial charge in [-0.3, -0.25) is 9.59 Å². The molecule has 0 atom stereocenters. The van der Waals surface area contributed by atoms with Gasteiger partial charge in [0.2, 0.25) is 23.7 Å². The molecular weight excluding hydrogens is 440 g/mol. The number of carbonyl (C=O) groups excluding carboxylic acids is 2. The molecule has 0 unspecified atom stereocenters. The minimum absolute atomic E-state index is 0.103. The first-order valence-corrected chi connectivity index (χ1v) is 10.2. The van der Waals surface area contributed by atoms with Gasteiger partial charge in [0.25, 0.3) is 0 Å². The zero-order valence-corrected chi connectivity index (χ0v) is 18.6. The summed E-state index contributed by atoms with van der Waals surface area (Å²) >= 11 is 0. The third-order valence-corrected chi connectivity index (χ3v) is 5.41. The number of ether oxygens (including phenoxy) is 1. The number of hydrogen-bond donors (Lipinski definition) is 5. The molecule has 12 heteroatoms. The van der Waals surface area contributed by atoms with E-state index >= 15 is 0 Å². The predicted molar refractivity (Wildman–Crippen MR) is 128 cm³/mol. The topological polar surface area (TPSA) is 189 Å². The lowest BCUT2D eigenvalue weighted by atomic mass is 10.1. The van der Waals surface area contributed by atoms with Gasteiger partial charge in [-0.15, -0.1) is 0 Å². The Labute approximate surface area is 193 Å². The number of nitrogens with zero attached hydrogens (tertiary/aromatic N) is 4. The second kappa shape index (κ2) is 8.65. The van der Waals surface area contributed by atoms with E-state index in [2.05, 4.69) is 15.3 Å². The largest absolute Gasteiger partial charge is 0.506 e. The number of methoxy groups -OCH3 is 1. The first-order chi connectivity index (χ1) is 16.2. The summed E-state index contributed by atoms with van der Waals surface area (Å²) in [6.45, 7) is 0.736. The summed E-state index contributed by atoms with van der Waals surface area (Å²) in [5.74, 6) is -0.163. The lowest BCUT2D eigenvalue weighted by molar-refractivity contribution is 0.0991. The molecule has 2 heterocycles. The van der Waals surface area contributed by atoms with Gasteiger partial charge in [-0.25, -0.2) is 9.97 Å². The maximum absolute atomic E-state index is 11.6. The van der Waals surface area contributed by atoms with E-state index in [1.807, 2.05) is 12.2 Å². The molecular formula is C22H24N8O4. The fourth-order valence-corrected chi connectivity index (χ4v) is 3.85. The van der Waals surface area contributed by atoms with Crippen molar-refractivity contribution in [3.05, 3.63) is 47.5 Å². The van der Waals surface area contributed by atoms with Gasteiger partial charge in [0.15, 0.2) is 0 Å². The number of anilines is 2. The van der Waals surface area contributed by atoms with Gasteiger partial charge in [-0.2, -0.15) is 0 Å². The van der Waals surface area contributed by atoms with Crippen LogP contribution in [0.4, 0.5) is 11.9 Å². The number of nitrogen functional groups attached to an aromatic ring is 1. The number of nitrogens with two attached hydrogens (primary N) is 3. The van der Waals surface area contributed by atoms with Gasteiger partial charge in [-0.05, 0) is 24.3 Å². The maximum Gasteiger partial charge on any atom is 0.248 e. The van der Waals surface area contributed by atoms with Crippen molar-refractivity contribution in [1.82, 2.24) is 19.1 Å². The van der Waals surface area contributed by atoms with Crippen molar-refractivity contribution in [2.45, 2.75) is 13.1 Å². The van der Waals surface area contributed by atoms with Gasteiger partial charge in [-0.1, -0.05) is 12.2 Å². The van der Waals surface area contributed by atoms with Crippen LogP contribution in [0.15, 0.2) is 36.4 Å². The summed E-state index contributed by atoms with van der Waals surface area (Å²) in [5, 5.41) is 13.5. The fourth-order valence-electron chi connectivity index (χ4n) is 3.85. The lowest BCUT2D eigenvalue weighted by Gasteiger charge is -2.09. The van der Waals surface area contributed by atoms with Gasteiger partial charge in [0.1, 0.15) is 22.5 Å². The van der Waals surface area contributed by atoms with E-state index < -0.39 is 11.8 Å². The summed E-state index contributed by atoms with van der Waals surface area (Å²) in [6, 6.07) is 5.96. The second-order valence-electron chi connectivity index (χ2n) is 7.49. The standard InChI is InChI=1S/C22H24N8O4/c1-26-22-28-13-7-11(19(23)32)9-15(31)17(13)30(22)6-4-3-5-29-18-14(27-21(29)25)8-12(20(24)33)10-16(18)34-2/h3-4,7-10,31H,5-6H2,1-2H3,(H2,23,32)(H2,24,33)(H2,25,27)(H,26,28)/b4-3+. The minimum atomic E-state index is -0.652. The molecule has 0 fully saturated rings. The molecule has 8 N–H and O–H groups in total. The molecule has 0 aliphatic heterocycles. The van der Waals surface area contributed by atoms with Crippen LogP contribution in [0.5, 0.6) is 11.5 Å². The summed E-state index contributed by atoms with van der Waals surface area (Å²) < 4.78 is 8.94. The zero-order valence-electron chi connectivity index (χ0n) is 18.6. The van der Waals surface area contributed by atoms with E-state index in [-0.39, 0.29) is 22.8 Å².